The first kappa shape index (κ1) is 23.5. The maximum atomic E-state index is 12.3. The predicted molar refractivity (Wildman–Crippen MR) is 131 cm³/mol. The highest BCUT2D eigenvalue weighted by molar-refractivity contribution is 14.0. The molecular weight excluding hydrogens is 499 g/mol. The number of hydrogen-bond acceptors (Lipinski definition) is 4. The van der Waals surface area contributed by atoms with Crippen LogP contribution in [0.2, 0.25) is 0 Å². The summed E-state index contributed by atoms with van der Waals surface area (Å²) in [4.78, 5) is 7.49. The highest BCUT2D eigenvalue weighted by atomic mass is 127. The topological polar surface area (TPSA) is 66.0 Å². The zero-order chi connectivity index (χ0) is 19.8. The number of benzene rings is 2. The molecule has 0 amide bonds. The minimum atomic E-state index is -1.01. The van der Waals surface area contributed by atoms with Crippen molar-refractivity contribution in [2.45, 2.75) is 17.4 Å². The molecular formula is C21H29IN4O2S. The minimum Gasteiger partial charge on any atom is -0.495 e. The molecule has 2 aromatic carbocycles. The van der Waals surface area contributed by atoms with E-state index in [-0.39, 0.29) is 24.0 Å². The lowest BCUT2D eigenvalue weighted by atomic mass is 10.2. The highest BCUT2D eigenvalue weighted by Crippen LogP contribution is 2.30. The first-order valence-corrected chi connectivity index (χ1v) is 10.8. The van der Waals surface area contributed by atoms with Crippen molar-refractivity contribution in [2.75, 3.05) is 44.4 Å². The second kappa shape index (κ2) is 12.0. The number of methoxy groups -OCH3 is 1. The smallest absolute Gasteiger partial charge is 0.191 e. The predicted octanol–water partition coefficient (Wildman–Crippen LogP) is 2.86. The fourth-order valence-electron chi connectivity index (χ4n) is 3.33. The van der Waals surface area contributed by atoms with Gasteiger partial charge in [-0.1, -0.05) is 30.3 Å². The Labute approximate surface area is 192 Å². The summed E-state index contributed by atoms with van der Waals surface area (Å²) in [6, 6.07) is 17.9. The van der Waals surface area contributed by atoms with Crippen molar-refractivity contribution in [1.82, 2.24) is 10.6 Å². The second-order valence-electron chi connectivity index (χ2n) is 6.61. The molecule has 2 atom stereocenters. The molecule has 0 spiro atoms. The van der Waals surface area contributed by atoms with E-state index in [2.05, 4.69) is 26.6 Å². The van der Waals surface area contributed by atoms with Crippen LogP contribution in [0.25, 0.3) is 0 Å². The quantitative estimate of drug-likeness (QED) is 0.329. The van der Waals surface area contributed by atoms with Crippen molar-refractivity contribution >= 4 is 46.4 Å². The monoisotopic (exact) mass is 528 g/mol. The molecule has 29 heavy (non-hydrogen) atoms. The van der Waals surface area contributed by atoms with Gasteiger partial charge in [-0.25, -0.2) is 0 Å². The second-order valence-corrected chi connectivity index (χ2v) is 8.18. The third-order valence-corrected chi connectivity index (χ3v) is 6.14. The van der Waals surface area contributed by atoms with Gasteiger partial charge < -0.3 is 20.3 Å². The number of hydrogen-bond donors (Lipinski definition) is 2. The van der Waals surface area contributed by atoms with E-state index in [1.807, 2.05) is 48.5 Å². The van der Waals surface area contributed by atoms with Crippen molar-refractivity contribution in [2.24, 2.45) is 4.99 Å². The molecule has 1 aliphatic heterocycles. The summed E-state index contributed by atoms with van der Waals surface area (Å²) >= 11 is 0. The van der Waals surface area contributed by atoms with Crippen molar-refractivity contribution in [3.8, 4) is 5.75 Å². The third-order valence-electron chi connectivity index (χ3n) is 4.76. The van der Waals surface area contributed by atoms with E-state index in [1.165, 1.54) is 0 Å². The van der Waals surface area contributed by atoms with Crippen LogP contribution < -0.4 is 20.3 Å². The van der Waals surface area contributed by atoms with Gasteiger partial charge in [0.15, 0.2) is 5.96 Å². The zero-order valence-electron chi connectivity index (χ0n) is 16.8. The SMILES string of the molecule is CN=C(NCCS(=O)c1ccccc1)NC1CCN(c2ccccc2OC)C1.I. The number of para-hydroxylation sites is 2. The van der Waals surface area contributed by atoms with Gasteiger partial charge in [0.2, 0.25) is 0 Å². The molecule has 1 aliphatic rings. The summed E-state index contributed by atoms with van der Waals surface area (Å²) in [5, 5.41) is 6.75. The van der Waals surface area contributed by atoms with E-state index < -0.39 is 10.8 Å². The third kappa shape index (κ3) is 6.60. The molecule has 6 nitrogen and oxygen atoms in total. The van der Waals surface area contributed by atoms with Crippen LogP contribution in [-0.4, -0.2) is 55.8 Å². The number of anilines is 1. The van der Waals surface area contributed by atoms with E-state index in [0.717, 1.165) is 41.8 Å². The molecule has 2 aromatic rings. The van der Waals surface area contributed by atoms with Gasteiger partial charge >= 0.3 is 0 Å². The number of ether oxygens (including phenoxy) is 1. The maximum Gasteiger partial charge on any atom is 0.191 e. The number of guanidine groups is 1. The van der Waals surface area contributed by atoms with Crippen molar-refractivity contribution in [1.29, 1.82) is 0 Å². The standard InChI is InChI=1S/C21H28N4O2S.HI/c1-22-21(23-13-15-28(26)18-8-4-3-5-9-18)24-17-12-14-25(16-17)19-10-6-7-11-20(19)27-2;/h3-11,17H,12-16H2,1-2H3,(H2,22,23,24);1H. The molecule has 0 aromatic heterocycles. The minimum absolute atomic E-state index is 0. The molecule has 0 saturated carbocycles. The molecule has 1 saturated heterocycles. The largest absolute Gasteiger partial charge is 0.495 e. The van der Waals surface area contributed by atoms with E-state index in [0.29, 0.717) is 18.3 Å². The molecule has 2 N–H and O–H groups in total. The normalized spacial score (nSPS) is 17.4. The number of nitrogens with one attached hydrogen (secondary N) is 2. The molecule has 1 fully saturated rings. The molecule has 0 bridgehead atoms. The number of nitrogens with zero attached hydrogens (tertiary/aromatic N) is 2. The van der Waals surface area contributed by atoms with Gasteiger partial charge in [-0.2, -0.15) is 0 Å². The Balaban J connectivity index is 0.00000300. The maximum absolute atomic E-state index is 12.3. The summed E-state index contributed by atoms with van der Waals surface area (Å²) in [6.07, 6.45) is 1.02. The highest BCUT2D eigenvalue weighted by Gasteiger charge is 2.25. The Morgan fingerprint density at radius 3 is 2.66 bits per heavy atom. The van der Waals surface area contributed by atoms with Crippen LogP contribution in [-0.2, 0) is 10.8 Å². The van der Waals surface area contributed by atoms with Crippen molar-refractivity contribution in [3.05, 3.63) is 54.6 Å². The molecule has 2 unspecified atom stereocenters. The van der Waals surface area contributed by atoms with Crippen LogP contribution in [0.1, 0.15) is 6.42 Å². The van der Waals surface area contributed by atoms with Crippen molar-refractivity contribution in [3.63, 3.8) is 0 Å². The zero-order valence-corrected chi connectivity index (χ0v) is 20.0. The lowest BCUT2D eigenvalue weighted by Crippen LogP contribution is -2.45. The molecule has 1 heterocycles. The van der Waals surface area contributed by atoms with Gasteiger partial charge in [0.1, 0.15) is 5.75 Å². The first-order valence-electron chi connectivity index (χ1n) is 9.50. The summed E-state index contributed by atoms with van der Waals surface area (Å²) in [7, 11) is 2.46. The van der Waals surface area contributed by atoms with Gasteiger partial charge in [0.25, 0.3) is 0 Å². The fraction of sp³-hybridized carbons (Fsp3) is 0.381. The first-order chi connectivity index (χ1) is 13.7. The fourth-order valence-corrected chi connectivity index (χ4v) is 4.31. The number of halogens is 1. The van der Waals surface area contributed by atoms with Gasteiger partial charge in [0.05, 0.1) is 23.6 Å². The molecule has 0 aliphatic carbocycles. The molecule has 0 radical (unpaired) electrons. The molecule has 8 heteroatoms. The van der Waals surface area contributed by atoms with E-state index in [9.17, 15) is 4.21 Å². The summed E-state index contributed by atoms with van der Waals surface area (Å²) in [5.41, 5.74) is 1.12. The summed E-state index contributed by atoms with van der Waals surface area (Å²) in [5.74, 6) is 2.19. The Morgan fingerprint density at radius 2 is 1.93 bits per heavy atom. The van der Waals surface area contributed by atoms with E-state index in [1.54, 1.807) is 14.2 Å². The lowest BCUT2D eigenvalue weighted by Gasteiger charge is -2.22. The molecule has 158 valence electrons. The molecule has 3 rings (SSSR count). The lowest BCUT2D eigenvalue weighted by molar-refractivity contribution is 0.415. The van der Waals surface area contributed by atoms with Crippen LogP contribution in [0.5, 0.6) is 5.75 Å². The summed E-state index contributed by atoms with van der Waals surface area (Å²) in [6.45, 7) is 2.45. The summed E-state index contributed by atoms with van der Waals surface area (Å²) < 4.78 is 17.8. The Bertz CT molecular complexity index is 819. The van der Waals surface area contributed by atoms with Crippen LogP contribution in [0.4, 0.5) is 5.69 Å². The van der Waals surface area contributed by atoms with E-state index >= 15 is 0 Å². The number of rotatable bonds is 7. The van der Waals surface area contributed by atoms with Crippen LogP contribution in [0.3, 0.4) is 0 Å². The van der Waals surface area contributed by atoms with Crippen molar-refractivity contribution < 1.29 is 8.95 Å². The number of aliphatic imine (C=N–C) groups is 1. The average molecular weight is 528 g/mol. The Hall–Kier alpha value is -1.81. The van der Waals surface area contributed by atoms with E-state index in [4.69, 9.17) is 4.74 Å². The van der Waals surface area contributed by atoms with Gasteiger partial charge in [-0.3, -0.25) is 9.20 Å². The van der Waals surface area contributed by atoms with Gasteiger partial charge in [-0.15, -0.1) is 24.0 Å². The van der Waals surface area contributed by atoms with Gasteiger partial charge in [0, 0.05) is 43.4 Å². The Kier molecular flexibility index (Phi) is 9.72. The van der Waals surface area contributed by atoms with Gasteiger partial charge in [-0.05, 0) is 30.7 Å². The Morgan fingerprint density at radius 1 is 1.21 bits per heavy atom. The average Bonchev–Trinajstić information content (AvgIpc) is 3.21. The van der Waals surface area contributed by atoms with Crippen LogP contribution in [0.15, 0.2) is 64.5 Å². The van der Waals surface area contributed by atoms with Crippen LogP contribution >= 0.6 is 24.0 Å². The van der Waals surface area contributed by atoms with Crippen LogP contribution in [0, 0.1) is 0 Å².